The molecule has 2 aromatic carbocycles. The van der Waals surface area contributed by atoms with Crippen molar-refractivity contribution in [3.63, 3.8) is 0 Å². The second-order valence-corrected chi connectivity index (χ2v) is 5.92. The van der Waals surface area contributed by atoms with Crippen molar-refractivity contribution in [2.24, 2.45) is 0 Å². The van der Waals surface area contributed by atoms with Crippen molar-refractivity contribution < 1.29 is 18.0 Å². The number of rotatable bonds is 4. The summed E-state index contributed by atoms with van der Waals surface area (Å²) < 4.78 is 38.2. The molecule has 1 heterocycles. The first-order valence-corrected chi connectivity index (χ1v) is 8.07. The van der Waals surface area contributed by atoms with Crippen molar-refractivity contribution in [3.05, 3.63) is 88.3 Å². The maximum Gasteiger partial charge on any atom is 0.417 e. The quantitative estimate of drug-likeness (QED) is 0.720. The summed E-state index contributed by atoms with van der Waals surface area (Å²) in [4.78, 5) is 25.7. The fourth-order valence-corrected chi connectivity index (χ4v) is 2.57. The largest absolute Gasteiger partial charge is 0.417 e. The van der Waals surface area contributed by atoms with Crippen LogP contribution < -0.4 is 10.9 Å². The summed E-state index contributed by atoms with van der Waals surface area (Å²) >= 11 is 0. The van der Waals surface area contributed by atoms with Gasteiger partial charge in [-0.3, -0.25) is 9.59 Å². The third kappa shape index (κ3) is 4.63. The molecule has 0 aliphatic carbocycles. The van der Waals surface area contributed by atoms with Crippen LogP contribution in [0.1, 0.15) is 11.1 Å². The molecule has 27 heavy (non-hydrogen) atoms. The standard InChI is InChI=1S/C20H15F3N2O2/c21-20(22,23)16-11-17(19(27)24-12-16)25-18(26)10-13-6-8-15(9-7-13)14-4-2-1-3-5-14/h1-9,11-12H,10H2,(H,24,27)(H,25,26). The molecule has 0 atom stereocenters. The van der Waals surface area contributed by atoms with Gasteiger partial charge in [0.15, 0.2) is 0 Å². The monoisotopic (exact) mass is 372 g/mol. The van der Waals surface area contributed by atoms with E-state index in [1.165, 1.54) is 0 Å². The molecule has 0 aliphatic rings. The first kappa shape index (κ1) is 18.4. The lowest BCUT2D eigenvalue weighted by Gasteiger charge is -2.09. The minimum Gasteiger partial charge on any atom is -0.327 e. The summed E-state index contributed by atoms with van der Waals surface area (Å²) in [6.07, 6.45) is -4.11. The molecule has 7 heteroatoms. The molecule has 0 saturated heterocycles. The predicted molar refractivity (Wildman–Crippen MR) is 96.3 cm³/mol. The molecule has 0 fully saturated rings. The first-order valence-electron chi connectivity index (χ1n) is 8.07. The Morgan fingerprint density at radius 2 is 1.59 bits per heavy atom. The molecule has 1 amide bonds. The zero-order valence-corrected chi connectivity index (χ0v) is 14.0. The second-order valence-electron chi connectivity index (χ2n) is 5.92. The van der Waals surface area contributed by atoms with Crippen LogP contribution in [0.2, 0.25) is 0 Å². The number of halogens is 3. The van der Waals surface area contributed by atoms with Gasteiger partial charge in [0.25, 0.3) is 5.56 Å². The van der Waals surface area contributed by atoms with E-state index in [1.54, 1.807) is 12.1 Å². The smallest absolute Gasteiger partial charge is 0.327 e. The molecule has 138 valence electrons. The van der Waals surface area contributed by atoms with E-state index in [0.717, 1.165) is 11.1 Å². The van der Waals surface area contributed by atoms with Gasteiger partial charge in [-0.05, 0) is 22.8 Å². The highest BCUT2D eigenvalue weighted by Gasteiger charge is 2.31. The van der Waals surface area contributed by atoms with Gasteiger partial charge >= 0.3 is 6.18 Å². The first-order chi connectivity index (χ1) is 12.8. The fourth-order valence-electron chi connectivity index (χ4n) is 2.57. The molecule has 0 saturated carbocycles. The van der Waals surface area contributed by atoms with E-state index < -0.39 is 28.9 Å². The summed E-state index contributed by atoms with van der Waals surface area (Å²) in [5.41, 5.74) is 0.421. The van der Waals surface area contributed by atoms with Crippen LogP contribution in [0.25, 0.3) is 11.1 Å². The molecule has 4 nitrogen and oxygen atoms in total. The van der Waals surface area contributed by atoms with Crippen molar-refractivity contribution in [3.8, 4) is 11.1 Å². The number of pyridine rings is 1. The lowest BCUT2D eigenvalue weighted by atomic mass is 10.0. The van der Waals surface area contributed by atoms with Crippen molar-refractivity contribution in [1.82, 2.24) is 4.98 Å². The van der Waals surface area contributed by atoms with Gasteiger partial charge in [-0.1, -0.05) is 54.6 Å². The third-order valence-corrected chi connectivity index (χ3v) is 3.93. The number of benzene rings is 2. The van der Waals surface area contributed by atoms with E-state index in [1.807, 2.05) is 47.4 Å². The van der Waals surface area contributed by atoms with E-state index in [4.69, 9.17) is 0 Å². The lowest BCUT2D eigenvalue weighted by molar-refractivity contribution is -0.137. The molecule has 0 radical (unpaired) electrons. The minimum atomic E-state index is -4.61. The van der Waals surface area contributed by atoms with Gasteiger partial charge in [0.1, 0.15) is 5.69 Å². The number of H-pyrrole nitrogens is 1. The van der Waals surface area contributed by atoms with Crippen molar-refractivity contribution in [2.45, 2.75) is 12.6 Å². The lowest BCUT2D eigenvalue weighted by Crippen LogP contribution is -2.22. The number of aromatic nitrogens is 1. The topological polar surface area (TPSA) is 62.0 Å². The second kappa shape index (κ2) is 7.49. The number of anilines is 1. The van der Waals surface area contributed by atoms with Crippen LogP contribution in [-0.2, 0) is 17.4 Å². The Hall–Kier alpha value is -3.35. The molecule has 3 rings (SSSR count). The number of alkyl halides is 3. The average Bonchev–Trinajstić information content (AvgIpc) is 2.64. The maximum atomic E-state index is 12.7. The van der Waals surface area contributed by atoms with Gasteiger partial charge in [0.05, 0.1) is 12.0 Å². The number of hydrogen-bond acceptors (Lipinski definition) is 2. The summed E-state index contributed by atoms with van der Waals surface area (Å²) in [5, 5.41) is 2.23. The molecule has 3 aromatic rings. The van der Waals surface area contributed by atoms with E-state index in [2.05, 4.69) is 5.32 Å². The SMILES string of the molecule is O=C(Cc1ccc(-c2ccccc2)cc1)Nc1cc(C(F)(F)F)c[nH]c1=O. The van der Waals surface area contributed by atoms with Gasteiger partial charge in [0, 0.05) is 6.20 Å². The predicted octanol–water partition coefficient (Wildman–Crippen LogP) is 4.24. The maximum absolute atomic E-state index is 12.7. The van der Waals surface area contributed by atoms with Crippen LogP contribution in [0.5, 0.6) is 0 Å². The van der Waals surface area contributed by atoms with Gasteiger partial charge in [-0.2, -0.15) is 13.2 Å². The Bertz CT molecular complexity index is 994. The number of amides is 1. The number of carbonyl (C=O) groups is 1. The summed E-state index contributed by atoms with van der Waals surface area (Å²) in [5.74, 6) is -0.577. The molecule has 1 aromatic heterocycles. The van der Waals surface area contributed by atoms with Crippen molar-refractivity contribution >= 4 is 11.6 Å². The van der Waals surface area contributed by atoms with Gasteiger partial charge < -0.3 is 10.3 Å². The number of nitrogens with one attached hydrogen (secondary N) is 2. The number of carbonyl (C=O) groups excluding carboxylic acids is 1. The summed E-state index contributed by atoms with van der Waals surface area (Å²) in [6.45, 7) is 0. The van der Waals surface area contributed by atoms with Crippen LogP contribution in [0, 0.1) is 0 Å². The minimum absolute atomic E-state index is 0.0647. The Labute approximate surface area is 152 Å². The Morgan fingerprint density at radius 3 is 2.22 bits per heavy atom. The van der Waals surface area contributed by atoms with Crippen LogP contribution >= 0.6 is 0 Å². The Morgan fingerprint density at radius 1 is 0.963 bits per heavy atom. The molecule has 0 aliphatic heterocycles. The van der Waals surface area contributed by atoms with Crippen molar-refractivity contribution in [2.75, 3.05) is 5.32 Å². The number of hydrogen-bond donors (Lipinski definition) is 2. The zero-order chi connectivity index (χ0) is 19.4. The van der Waals surface area contributed by atoms with Gasteiger partial charge in [-0.15, -0.1) is 0 Å². The number of aromatic amines is 1. The summed E-state index contributed by atoms with van der Waals surface area (Å²) in [7, 11) is 0. The molecular formula is C20H15F3N2O2. The average molecular weight is 372 g/mol. The highest BCUT2D eigenvalue weighted by atomic mass is 19.4. The zero-order valence-electron chi connectivity index (χ0n) is 14.0. The fraction of sp³-hybridized carbons (Fsp3) is 0.100. The van der Waals surface area contributed by atoms with E-state index in [0.29, 0.717) is 17.8 Å². The molecule has 0 spiro atoms. The molecule has 0 unspecified atom stereocenters. The highest BCUT2D eigenvalue weighted by molar-refractivity contribution is 5.92. The van der Waals surface area contributed by atoms with E-state index >= 15 is 0 Å². The normalized spacial score (nSPS) is 11.2. The van der Waals surface area contributed by atoms with Crippen LogP contribution in [-0.4, -0.2) is 10.9 Å². The van der Waals surface area contributed by atoms with Gasteiger partial charge in [-0.25, -0.2) is 0 Å². The Kier molecular flexibility index (Phi) is 5.12. The van der Waals surface area contributed by atoms with Crippen LogP contribution in [0.15, 0.2) is 71.7 Å². The Balaban J connectivity index is 1.70. The highest BCUT2D eigenvalue weighted by Crippen LogP contribution is 2.29. The molecular weight excluding hydrogens is 357 g/mol. The van der Waals surface area contributed by atoms with Crippen LogP contribution in [0.3, 0.4) is 0 Å². The summed E-state index contributed by atoms with van der Waals surface area (Å²) in [6, 6.07) is 17.5. The molecule has 2 N–H and O–H groups in total. The van der Waals surface area contributed by atoms with E-state index in [-0.39, 0.29) is 6.42 Å². The molecule has 0 bridgehead atoms. The van der Waals surface area contributed by atoms with Crippen molar-refractivity contribution in [1.29, 1.82) is 0 Å². The third-order valence-electron chi connectivity index (χ3n) is 3.93. The van der Waals surface area contributed by atoms with E-state index in [9.17, 15) is 22.8 Å². The van der Waals surface area contributed by atoms with Gasteiger partial charge in [0.2, 0.25) is 5.91 Å². The van der Waals surface area contributed by atoms with Crippen LogP contribution in [0.4, 0.5) is 18.9 Å².